The second kappa shape index (κ2) is 13.8. The van der Waals surface area contributed by atoms with E-state index in [1.54, 1.807) is 69.3 Å². The molecule has 0 aliphatic heterocycles. The molecular formula is C35H36F4N6O2. The number of nitriles is 1. The molecule has 1 aromatic heterocycles. The van der Waals surface area contributed by atoms with Gasteiger partial charge in [0.1, 0.15) is 11.4 Å². The van der Waals surface area contributed by atoms with Crippen molar-refractivity contribution in [1.29, 1.82) is 5.26 Å². The minimum absolute atomic E-state index is 0.0803. The summed E-state index contributed by atoms with van der Waals surface area (Å²) in [4.78, 5) is 12.1. The Morgan fingerprint density at radius 3 is 2.40 bits per heavy atom. The van der Waals surface area contributed by atoms with Crippen molar-refractivity contribution in [3.8, 4) is 11.8 Å². The molecule has 1 aliphatic carbocycles. The summed E-state index contributed by atoms with van der Waals surface area (Å²) in [5, 5.41) is 22.2. The zero-order valence-electron chi connectivity index (χ0n) is 26.3. The van der Waals surface area contributed by atoms with Gasteiger partial charge in [0.15, 0.2) is 5.69 Å². The first-order valence-corrected chi connectivity index (χ1v) is 15.3. The average Bonchev–Trinajstić information content (AvgIpc) is 3.74. The van der Waals surface area contributed by atoms with Crippen molar-refractivity contribution < 1.29 is 27.1 Å². The SMILES string of the molecule is CC(C)(C)OC(=O)NCc1cccc(-n2nc(C(F)(F)F)cc2CNc2cc(C(NCC3CC3)c3ccc(C#N)cc3)ccc2F)c1. The number of nitrogens with one attached hydrogen (secondary N) is 3. The number of amides is 1. The highest BCUT2D eigenvalue weighted by Crippen LogP contribution is 2.33. The summed E-state index contributed by atoms with van der Waals surface area (Å²) >= 11 is 0. The number of alkyl halides is 3. The molecule has 1 aliphatic rings. The molecule has 12 heteroatoms. The number of carbonyl (C=O) groups is 1. The molecule has 0 radical (unpaired) electrons. The predicted molar refractivity (Wildman–Crippen MR) is 169 cm³/mol. The summed E-state index contributed by atoms with van der Waals surface area (Å²) in [5.41, 5.74) is 1.61. The Bertz CT molecular complexity index is 1750. The molecule has 3 N–H and O–H groups in total. The van der Waals surface area contributed by atoms with Gasteiger partial charge in [-0.1, -0.05) is 30.3 Å². The van der Waals surface area contributed by atoms with E-state index in [-0.39, 0.29) is 30.5 Å². The number of rotatable bonds is 11. The van der Waals surface area contributed by atoms with Crippen LogP contribution in [0, 0.1) is 23.1 Å². The van der Waals surface area contributed by atoms with Crippen LogP contribution in [0.4, 0.5) is 28.0 Å². The highest BCUT2D eigenvalue weighted by atomic mass is 19.4. The van der Waals surface area contributed by atoms with Gasteiger partial charge in [0, 0.05) is 6.54 Å². The van der Waals surface area contributed by atoms with Crippen LogP contribution in [0.1, 0.15) is 73.3 Å². The first-order valence-electron chi connectivity index (χ1n) is 15.3. The second-order valence-corrected chi connectivity index (χ2v) is 12.6. The van der Waals surface area contributed by atoms with Crippen molar-refractivity contribution >= 4 is 11.8 Å². The fourth-order valence-electron chi connectivity index (χ4n) is 5.02. The average molecular weight is 649 g/mol. The van der Waals surface area contributed by atoms with E-state index in [0.717, 1.165) is 41.3 Å². The Labute approximate surface area is 270 Å². The van der Waals surface area contributed by atoms with Crippen molar-refractivity contribution in [3.63, 3.8) is 0 Å². The summed E-state index contributed by atoms with van der Waals surface area (Å²) in [7, 11) is 0. The van der Waals surface area contributed by atoms with Gasteiger partial charge in [0.25, 0.3) is 0 Å². The van der Waals surface area contributed by atoms with Gasteiger partial charge in [-0.25, -0.2) is 13.9 Å². The van der Waals surface area contributed by atoms with E-state index in [9.17, 15) is 23.2 Å². The fraction of sp³-hybridized carbons (Fsp3) is 0.343. The second-order valence-electron chi connectivity index (χ2n) is 12.6. The van der Waals surface area contributed by atoms with E-state index in [4.69, 9.17) is 4.74 Å². The highest BCUT2D eigenvalue weighted by Gasteiger charge is 2.35. The number of nitrogens with zero attached hydrogens (tertiary/aromatic N) is 3. The molecule has 1 amide bonds. The molecule has 0 spiro atoms. The Morgan fingerprint density at radius 2 is 1.74 bits per heavy atom. The molecule has 1 unspecified atom stereocenters. The van der Waals surface area contributed by atoms with E-state index in [0.29, 0.717) is 22.7 Å². The third-order valence-electron chi connectivity index (χ3n) is 7.53. The molecule has 246 valence electrons. The number of anilines is 1. The monoisotopic (exact) mass is 648 g/mol. The lowest BCUT2D eigenvalue weighted by molar-refractivity contribution is -0.141. The van der Waals surface area contributed by atoms with Crippen LogP contribution in [-0.4, -0.2) is 28.0 Å². The number of hydrogen-bond donors (Lipinski definition) is 3. The van der Waals surface area contributed by atoms with Gasteiger partial charge in [-0.3, -0.25) is 0 Å². The van der Waals surface area contributed by atoms with E-state index < -0.39 is 29.4 Å². The maximum atomic E-state index is 15.1. The number of halogens is 4. The predicted octanol–water partition coefficient (Wildman–Crippen LogP) is 7.63. The van der Waals surface area contributed by atoms with Gasteiger partial charge in [-0.2, -0.15) is 23.5 Å². The maximum absolute atomic E-state index is 15.1. The number of aromatic nitrogens is 2. The smallest absolute Gasteiger partial charge is 0.435 e. The molecule has 4 aromatic rings. The van der Waals surface area contributed by atoms with Crippen LogP contribution in [0.15, 0.2) is 72.8 Å². The Hall–Kier alpha value is -4.89. The van der Waals surface area contributed by atoms with Crippen LogP contribution < -0.4 is 16.0 Å². The molecule has 47 heavy (non-hydrogen) atoms. The molecular weight excluding hydrogens is 612 g/mol. The van der Waals surface area contributed by atoms with Gasteiger partial charge in [-0.15, -0.1) is 0 Å². The summed E-state index contributed by atoms with van der Waals surface area (Å²) in [5.74, 6) is 0.00970. The topological polar surface area (TPSA) is 104 Å². The maximum Gasteiger partial charge on any atom is 0.435 e. The lowest BCUT2D eigenvalue weighted by Crippen LogP contribution is -2.32. The fourth-order valence-corrected chi connectivity index (χ4v) is 5.02. The van der Waals surface area contributed by atoms with Gasteiger partial charge in [-0.05, 0) is 105 Å². The van der Waals surface area contributed by atoms with Crippen LogP contribution in [-0.2, 0) is 24.0 Å². The summed E-state index contributed by atoms with van der Waals surface area (Å²) in [6.45, 7) is 5.90. The van der Waals surface area contributed by atoms with Crippen LogP contribution in [0.5, 0.6) is 0 Å². The first-order chi connectivity index (χ1) is 22.3. The van der Waals surface area contributed by atoms with Crippen LogP contribution in [0.25, 0.3) is 5.69 Å². The molecule has 0 bridgehead atoms. The van der Waals surface area contributed by atoms with Crippen molar-refractivity contribution in [3.05, 3.63) is 112 Å². The Morgan fingerprint density at radius 1 is 1.02 bits per heavy atom. The molecule has 1 heterocycles. The summed E-state index contributed by atoms with van der Waals surface area (Å²) in [6.07, 6.45) is -3.05. The van der Waals surface area contributed by atoms with E-state index >= 15 is 4.39 Å². The number of alkyl carbamates (subject to hydrolysis) is 1. The van der Waals surface area contributed by atoms with E-state index in [1.807, 2.05) is 12.1 Å². The number of carbonyl (C=O) groups excluding carboxylic acids is 1. The van der Waals surface area contributed by atoms with Crippen molar-refractivity contribution in [2.24, 2.45) is 5.92 Å². The minimum atomic E-state index is -4.71. The molecule has 1 atom stereocenters. The van der Waals surface area contributed by atoms with Gasteiger partial charge in [0.05, 0.1) is 41.3 Å². The van der Waals surface area contributed by atoms with Crippen molar-refractivity contribution in [1.82, 2.24) is 20.4 Å². The molecule has 1 fully saturated rings. The first kappa shape index (κ1) is 33.5. The minimum Gasteiger partial charge on any atom is -0.444 e. The molecule has 5 rings (SSSR count). The quantitative estimate of drug-likeness (QED) is 0.145. The molecule has 1 saturated carbocycles. The third kappa shape index (κ3) is 9.10. The summed E-state index contributed by atoms with van der Waals surface area (Å²) < 4.78 is 62.9. The molecule has 3 aromatic carbocycles. The van der Waals surface area contributed by atoms with Gasteiger partial charge >= 0.3 is 12.3 Å². The van der Waals surface area contributed by atoms with Gasteiger partial charge in [0.2, 0.25) is 0 Å². The normalized spacial score (nSPS) is 13.9. The van der Waals surface area contributed by atoms with Crippen molar-refractivity contribution in [2.45, 2.75) is 64.5 Å². The Kier molecular flexibility index (Phi) is 9.86. The standard InChI is InChI=1S/C35H36F4N6O2/c1-34(2,3)47-33(46)43-20-24-5-4-6-27(15-24)45-28(17-31(44-45)35(37,38)39)21-41-30-16-26(13-14-29(30)36)32(42-19-23-7-8-23)25-11-9-22(18-40)10-12-25/h4-6,9-17,23,32,41-42H,7-8,19-21H2,1-3H3,(H,43,46). The lowest BCUT2D eigenvalue weighted by Gasteiger charge is -2.21. The zero-order chi connectivity index (χ0) is 33.8. The Balaban J connectivity index is 1.39. The largest absolute Gasteiger partial charge is 0.444 e. The van der Waals surface area contributed by atoms with Crippen molar-refractivity contribution in [2.75, 3.05) is 11.9 Å². The van der Waals surface area contributed by atoms with Crippen LogP contribution in [0.3, 0.4) is 0 Å². The number of ether oxygens (including phenoxy) is 1. The molecule has 8 nitrogen and oxygen atoms in total. The summed E-state index contributed by atoms with van der Waals surface area (Å²) in [6, 6.07) is 21.1. The van der Waals surface area contributed by atoms with Gasteiger partial charge < -0.3 is 20.7 Å². The lowest BCUT2D eigenvalue weighted by atomic mass is 9.97. The van der Waals surface area contributed by atoms with E-state index in [1.165, 1.54) is 6.07 Å². The highest BCUT2D eigenvalue weighted by molar-refractivity contribution is 5.67. The number of hydrogen-bond acceptors (Lipinski definition) is 6. The number of benzene rings is 3. The molecule has 0 saturated heterocycles. The van der Waals surface area contributed by atoms with Crippen LogP contribution >= 0.6 is 0 Å². The van der Waals surface area contributed by atoms with Crippen LogP contribution in [0.2, 0.25) is 0 Å². The zero-order valence-corrected chi connectivity index (χ0v) is 26.3. The van der Waals surface area contributed by atoms with E-state index in [2.05, 4.69) is 27.1 Å². The third-order valence-corrected chi connectivity index (χ3v) is 7.53.